The van der Waals surface area contributed by atoms with E-state index < -0.39 is 17.8 Å². The average molecular weight is 327 g/mol. The van der Waals surface area contributed by atoms with E-state index in [1.807, 2.05) is 5.43 Å². The van der Waals surface area contributed by atoms with Crippen LogP contribution >= 0.6 is 11.6 Å². The number of benzene rings is 1. The van der Waals surface area contributed by atoms with Gasteiger partial charge >= 0.3 is 6.18 Å². The minimum absolute atomic E-state index is 0.00194. The molecule has 1 N–H and O–H groups in total. The van der Waals surface area contributed by atoms with E-state index in [1.54, 1.807) is 13.8 Å². The van der Waals surface area contributed by atoms with Crippen LogP contribution < -0.4 is 10.2 Å². The number of nitrogens with one attached hydrogen (secondary N) is 1. The van der Waals surface area contributed by atoms with Crippen LogP contribution in [0.5, 0.6) is 5.75 Å². The lowest BCUT2D eigenvalue weighted by atomic mass is 10.3. The Hall–Kier alpha value is -1.83. The SMILES string of the molecule is CC(C)Oc1cc(NN=CC(=O)C(F)(F)F)c(F)cc1Cl. The molecule has 1 aromatic rings. The van der Waals surface area contributed by atoms with Gasteiger partial charge in [-0.15, -0.1) is 0 Å². The molecule has 0 spiro atoms. The smallest absolute Gasteiger partial charge is 0.455 e. The predicted octanol–water partition coefficient (Wildman–Crippen LogP) is 3.80. The molecule has 4 nitrogen and oxygen atoms in total. The zero-order valence-corrected chi connectivity index (χ0v) is 11.7. The molecule has 0 saturated carbocycles. The van der Waals surface area contributed by atoms with Gasteiger partial charge in [0.2, 0.25) is 0 Å². The Balaban J connectivity index is 2.89. The Morgan fingerprint density at radius 2 is 2.05 bits per heavy atom. The number of ketones is 1. The highest BCUT2D eigenvalue weighted by Gasteiger charge is 2.36. The van der Waals surface area contributed by atoms with E-state index in [1.165, 1.54) is 0 Å². The molecular weight excluding hydrogens is 316 g/mol. The van der Waals surface area contributed by atoms with Crippen LogP contribution in [-0.2, 0) is 4.79 Å². The Morgan fingerprint density at radius 1 is 1.43 bits per heavy atom. The number of anilines is 1. The molecule has 0 aromatic heterocycles. The second kappa shape index (κ2) is 6.75. The molecule has 0 radical (unpaired) electrons. The fraction of sp³-hybridized carbons (Fsp3) is 0.333. The number of Topliss-reactive ketones (excluding diaryl/α,β-unsaturated/α-hetero) is 1. The van der Waals surface area contributed by atoms with Gasteiger partial charge < -0.3 is 4.74 Å². The number of rotatable bonds is 5. The maximum atomic E-state index is 13.5. The number of hydrogen-bond acceptors (Lipinski definition) is 4. The second-order valence-electron chi connectivity index (χ2n) is 4.16. The van der Waals surface area contributed by atoms with Crippen LogP contribution in [-0.4, -0.2) is 24.3 Å². The predicted molar refractivity (Wildman–Crippen MR) is 70.4 cm³/mol. The van der Waals surface area contributed by atoms with E-state index in [0.29, 0.717) is 0 Å². The molecule has 0 saturated heterocycles. The molecule has 0 aliphatic heterocycles. The number of ether oxygens (including phenoxy) is 1. The molecular formula is C12H11ClF4N2O2. The van der Waals surface area contributed by atoms with Crippen LogP contribution in [0.15, 0.2) is 17.2 Å². The Bertz CT molecular complexity index is 559. The largest absolute Gasteiger partial charge is 0.489 e. The second-order valence-corrected chi connectivity index (χ2v) is 4.57. The maximum Gasteiger partial charge on any atom is 0.455 e. The lowest BCUT2D eigenvalue weighted by molar-refractivity contribution is -0.162. The standard InChI is InChI=1S/C12H11ClF4N2O2/c1-6(2)21-10-4-9(8(14)3-7(10)13)19-18-5-11(20)12(15,16)17/h3-6,19H,1-2H3. The molecule has 1 aromatic carbocycles. The molecule has 0 aliphatic carbocycles. The van der Waals surface area contributed by atoms with Gasteiger partial charge in [0.1, 0.15) is 11.6 Å². The fourth-order valence-electron chi connectivity index (χ4n) is 1.19. The summed E-state index contributed by atoms with van der Waals surface area (Å²) in [5, 5.41) is 3.04. The van der Waals surface area contributed by atoms with Gasteiger partial charge in [0, 0.05) is 6.07 Å². The first-order valence-electron chi connectivity index (χ1n) is 5.67. The van der Waals surface area contributed by atoms with Crippen LogP contribution in [0.4, 0.5) is 23.2 Å². The lowest BCUT2D eigenvalue weighted by Crippen LogP contribution is -2.24. The first-order chi connectivity index (χ1) is 9.61. The van der Waals surface area contributed by atoms with Gasteiger partial charge in [0.05, 0.1) is 23.0 Å². The Morgan fingerprint density at radius 3 is 2.57 bits per heavy atom. The molecule has 0 unspecified atom stereocenters. The molecule has 0 amide bonds. The normalized spacial score (nSPS) is 12.0. The first kappa shape index (κ1) is 17.2. The first-order valence-corrected chi connectivity index (χ1v) is 6.05. The molecule has 0 heterocycles. The van der Waals surface area contributed by atoms with Crippen molar-refractivity contribution in [3.05, 3.63) is 23.0 Å². The summed E-state index contributed by atoms with van der Waals surface area (Å²) in [6, 6.07) is 2.05. The van der Waals surface area contributed by atoms with E-state index in [-0.39, 0.29) is 28.8 Å². The summed E-state index contributed by atoms with van der Waals surface area (Å²) >= 11 is 5.76. The molecule has 9 heteroatoms. The third kappa shape index (κ3) is 5.22. The van der Waals surface area contributed by atoms with Crippen molar-refractivity contribution in [2.24, 2.45) is 5.10 Å². The topological polar surface area (TPSA) is 50.7 Å². The van der Waals surface area contributed by atoms with Gasteiger partial charge in [0.15, 0.2) is 0 Å². The van der Waals surface area contributed by atoms with E-state index in [0.717, 1.165) is 12.1 Å². The van der Waals surface area contributed by atoms with E-state index in [9.17, 15) is 22.4 Å². The quantitative estimate of drug-likeness (QED) is 0.509. The van der Waals surface area contributed by atoms with Crippen molar-refractivity contribution in [1.29, 1.82) is 0 Å². The van der Waals surface area contributed by atoms with E-state index in [4.69, 9.17) is 16.3 Å². The highest BCUT2D eigenvalue weighted by atomic mass is 35.5. The van der Waals surface area contributed by atoms with E-state index >= 15 is 0 Å². The third-order valence-electron chi connectivity index (χ3n) is 2.03. The van der Waals surface area contributed by atoms with Crippen LogP contribution in [0.25, 0.3) is 0 Å². The molecule has 1 rings (SSSR count). The third-order valence-corrected chi connectivity index (χ3v) is 2.33. The van der Waals surface area contributed by atoms with Crippen LogP contribution in [0.3, 0.4) is 0 Å². The Labute approximate surface area is 122 Å². The fourth-order valence-corrected chi connectivity index (χ4v) is 1.39. The highest BCUT2D eigenvalue weighted by molar-refractivity contribution is 6.32. The summed E-state index contributed by atoms with van der Waals surface area (Å²) in [7, 11) is 0. The van der Waals surface area contributed by atoms with Gasteiger partial charge in [-0.2, -0.15) is 18.3 Å². The summed E-state index contributed by atoms with van der Waals surface area (Å²) in [5.41, 5.74) is 1.72. The van der Waals surface area contributed by atoms with Gasteiger partial charge in [-0.1, -0.05) is 11.6 Å². The van der Waals surface area contributed by atoms with Gasteiger partial charge in [-0.3, -0.25) is 10.2 Å². The van der Waals surface area contributed by atoms with Crippen molar-refractivity contribution in [2.75, 3.05) is 5.43 Å². The number of hydrogen-bond donors (Lipinski definition) is 1. The highest BCUT2D eigenvalue weighted by Crippen LogP contribution is 2.31. The number of carbonyl (C=O) groups excluding carboxylic acids is 1. The van der Waals surface area contributed by atoms with E-state index in [2.05, 4.69) is 5.10 Å². The minimum atomic E-state index is -5.03. The maximum absolute atomic E-state index is 13.5. The summed E-state index contributed by atoms with van der Waals surface area (Å²) in [6.45, 7) is 3.43. The zero-order valence-electron chi connectivity index (χ0n) is 11.0. The van der Waals surface area contributed by atoms with Crippen molar-refractivity contribution in [1.82, 2.24) is 0 Å². The number of nitrogens with zero attached hydrogens (tertiary/aromatic N) is 1. The molecule has 0 aliphatic rings. The molecule has 0 fully saturated rings. The molecule has 0 atom stereocenters. The summed E-state index contributed by atoms with van der Waals surface area (Å²) < 4.78 is 54.6. The average Bonchev–Trinajstić information content (AvgIpc) is 2.32. The van der Waals surface area contributed by atoms with Crippen LogP contribution in [0, 0.1) is 5.82 Å². The molecule has 0 bridgehead atoms. The number of carbonyl (C=O) groups is 1. The number of hydrazone groups is 1. The summed E-state index contributed by atoms with van der Waals surface area (Å²) in [4.78, 5) is 10.6. The van der Waals surface area contributed by atoms with Crippen molar-refractivity contribution in [3.8, 4) is 5.75 Å². The summed E-state index contributed by atoms with van der Waals surface area (Å²) in [5.74, 6) is -2.89. The Kier molecular flexibility index (Phi) is 5.54. The van der Waals surface area contributed by atoms with Crippen LogP contribution in [0.1, 0.15) is 13.8 Å². The number of halogens is 5. The number of alkyl halides is 3. The van der Waals surface area contributed by atoms with Crippen molar-refractivity contribution in [2.45, 2.75) is 26.1 Å². The molecule has 116 valence electrons. The van der Waals surface area contributed by atoms with Gasteiger partial charge in [0.25, 0.3) is 5.78 Å². The zero-order chi connectivity index (χ0) is 16.2. The van der Waals surface area contributed by atoms with Crippen molar-refractivity contribution in [3.63, 3.8) is 0 Å². The molecule has 21 heavy (non-hydrogen) atoms. The van der Waals surface area contributed by atoms with Gasteiger partial charge in [-0.25, -0.2) is 4.39 Å². The minimum Gasteiger partial charge on any atom is -0.489 e. The van der Waals surface area contributed by atoms with Crippen molar-refractivity contribution < 1.29 is 27.1 Å². The summed E-state index contributed by atoms with van der Waals surface area (Å²) in [6.07, 6.45) is -5.26. The monoisotopic (exact) mass is 326 g/mol. The lowest BCUT2D eigenvalue weighted by Gasteiger charge is -2.13. The van der Waals surface area contributed by atoms with Crippen molar-refractivity contribution >= 4 is 29.3 Å². The van der Waals surface area contributed by atoms with Gasteiger partial charge in [-0.05, 0) is 19.9 Å². The van der Waals surface area contributed by atoms with Crippen LogP contribution in [0.2, 0.25) is 5.02 Å².